The molecule has 0 aromatic heterocycles. The molecular formula is C15H28N2O3. The van der Waals surface area contributed by atoms with Crippen molar-refractivity contribution < 1.29 is 14.7 Å². The molecule has 0 aromatic rings. The van der Waals surface area contributed by atoms with Crippen molar-refractivity contribution >= 4 is 11.8 Å². The molecule has 2 amide bonds. The molecule has 1 unspecified atom stereocenters. The maximum absolute atomic E-state index is 11.7. The summed E-state index contributed by atoms with van der Waals surface area (Å²) in [6, 6.07) is 0. The number of carbonyl (C=O) groups excluding carboxylic acids is 2. The number of hydrogen-bond acceptors (Lipinski definition) is 3. The fourth-order valence-electron chi connectivity index (χ4n) is 2.63. The number of aliphatic hydroxyl groups is 1. The van der Waals surface area contributed by atoms with E-state index in [1.807, 2.05) is 6.92 Å². The molecule has 1 atom stereocenters. The molecule has 0 saturated heterocycles. The van der Waals surface area contributed by atoms with Crippen LogP contribution in [0.1, 0.15) is 58.3 Å². The van der Waals surface area contributed by atoms with Gasteiger partial charge in [0.1, 0.15) is 0 Å². The van der Waals surface area contributed by atoms with E-state index in [2.05, 4.69) is 10.6 Å². The first kappa shape index (κ1) is 17.0. The molecule has 0 aromatic carbocycles. The number of carbonyl (C=O) groups is 2. The Morgan fingerprint density at radius 1 is 1.15 bits per heavy atom. The van der Waals surface area contributed by atoms with Gasteiger partial charge in [-0.15, -0.1) is 0 Å². The van der Waals surface area contributed by atoms with Gasteiger partial charge in [0, 0.05) is 13.0 Å². The van der Waals surface area contributed by atoms with Gasteiger partial charge in [0.2, 0.25) is 11.8 Å². The van der Waals surface area contributed by atoms with E-state index in [4.69, 9.17) is 0 Å². The minimum atomic E-state index is -0.498. The molecule has 20 heavy (non-hydrogen) atoms. The molecule has 0 bridgehead atoms. The Kier molecular flexibility index (Phi) is 8.26. The fraction of sp³-hybridized carbons (Fsp3) is 0.867. The highest BCUT2D eigenvalue weighted by atomic mass is 16.3. The van der Waals surface area contributed by atoms with E-state index in [0.29, 0.717) is 18.8 Å². The monoisotopic (exact) mass is 284 g/mol. The second-order valence-corrected chi connectivity index (χ2v) is 5.73. The SMILES string of the molecule is CCCC(O)CNC(=O)CNC(=O)CC1CCCCC1. The van der Waals surface area contributed by atoms with Crippen molar-refractivity contribution in [2.45, 2.75) is 64.4 Å². The smallest absolute Gasteiger partial charge is 0.239 e. The van der Waals surface area contributed by atoms with Crippen LogP contribution in [0.5, 0.6) is 0 Å². The molecule has 1 rings (SSSR count). The predicted octanol–water partition coefficient (Wildman–Crippen LogP) is 1.35. The van der Waals surface area contributed by atoms with E-state index in [1.54, 1.807) is 0 Å². The van der Waals surface area contributed by atoms with Gasteiger partial charge in [-0.05, 0) is 25.2 Å². The van der Waals surface area contributed by atoms with E-state index in [0.717, 1.165) is 19.3 Å². The molecule has 0 aliphatic heterocycles. The average Bonchev–Trinajstić information content (AvgIpc) is 2.44. The molecule has 0 radical (unpaired) electrons. The minimum Gasteiger partial charge on any atom is -0.391 e. The molecule has 0 heterocycles. The first-order valence-electron chi connectivity index (χ1n) is 7.83. The summed E-state index contributed by atoms with van der Waals surface area (Å²) in [7, 11) is 0. The zero-order valence-electron chi connectivity index (χ0n) is 12.5. The maximum Gasteiger partial charge on any atom is 0.239 e. The van der Waals surface area contributed by atoms with Crippen molar-refractivity contribution in [2.24, 2.45) is 5.92 Å². The summed E-state index contributed by atoms with van der Waals surface area (Å²) in [5, 5.41) is 14.8. The zero-order chi connectivity index (χ0) is 14.8. The third-order valence-electron chi connectivity index (χ3n) is 3.80. The van der Waals surface area contributed by atoms with Crippen LogP contribution in [-0.2, 0) is 9.59 Å². The van der Waals surface area contributed by atoms with Crippen LogP contribution >= 0.6 is 0 Å². The van der Waals surface area contributed by atoms with Gasteiger partial charge in [-0.2, -0.15) is 0 Å². The Balaban J connectivity index is 2.08. The number of hydrogen-bond donors (Lipinski definition) is 3. The Hall–Kier alpha value is -1.10. The second-order valence-electron chi connectivity index (χ2n) is 5.73. The minimum absolute atomic E-state index is 0.00436. The van der Waals surface area contributed by atoms with Gasteiger partial charge >= 0.3 is 0 Å². The number of amides is 2. The standard InChI is InChI=1S/C15H28N2O3/c1-2-6-13(18)10-16-15(20)11-17-14(19)9-12-7-4-3-5-8-12/h12-13,18H,2-11H2,1H3,(H,16,20)(H,17,19). The highest BCUT2D eigenvalue weighted by molar-refractivity contribution is 5.84. The molecule has 1 fully saturated rings. The largest absolute Gasteiger partial charge is 0.391 e. The van der Waals surface area contributed by atoms with Gasteiger partial charge < -0.3 is 15.7 Å². The van der Waals surface area contributed by atoms with Gasteiger partial charge in [0.25, 0.3) is 0 Å². The summed E-state index contributed by atoms with van der Waals surface area (Å²) in [4.78, 5) is 23.2. The molecule has 116 valence electrons. The van der Waals surface area contributed by atoms with Crippen LogP contribution in [0.4, 0.5) is 0 Å². The quantitative estimate of drug-likeness (QED) is 0.629. The lowest BCUT2D eigenvalue weighted by Gasteiger charge is -2.20. The topological polar surface area (TPSA) is 78.4 Å². The Morgan fingerprint density at radius 3 is 2.50 bits per heavy atom. The Morgan fingerprint density at radius 2 is 1.85 bits per heavy atom. The first-order chi connectivity index (χ1) is 9.61. The van der Waals surface area contributed by atoms with Gasteiger partial charge in [-0.3, -0.25) is 9.59 Å². The van der Waals surface area contributed by atoms with Gasteiger partial charge in [-0.25, -0.2) is 0 Å². The lowest BCUT2D eigenvalue weighted by Crippen LogP contribution is -2.40. The van der Waals surface area contributed by atoms with Crippen LogP contribution in [0, 0.1) is 5.92 Å². The van der Waals surface area contributed by atoms with Crippen LogP contribution in [0.2, 0.25) is 0 Å². The van der Waals surface area contributed by atoms with Crippen LogP contribution < -0.4 is 10.6 Å². The molecule has 5 nitrogen and oxygen atoms in total. The van der Waals surface area contributed by atoms with Crippen molar-refractivity contribution in [1.82, 2.24) is 10.6 Å². The van der Waals surface area contributed by atoms with Crippen molar-refractivity contribution in [3.8, 4) is 0 Å². The maximum atomic E-state index is 11.7. The van der Waals surface area contributed by atoms with E-state index in [9.17, 15) is 14.7 Å². The summed E-state index contributed by atoms with van der Waals surface area (Å²) in [6.07, 6.45) is 7.56. The first-order valence-corrected chi connectivity index (χ1v) is 7.83. The predicted molar refractivity (Wildman–Crippen MR) is 78.1 cm³/mol. The van der Waals surface area contributed by atoms with Crippen molar-refractivity contribution in [2.75, 3.05) is 13.1 Å². The summed E-state index contributed by atoms with van der Waals surface area (Å²) >= 11 is 0. The lowest BCUT2D eigenvalue weighted by molar-refractivity contribution is -0.127. The molecule has 1 aliphatic rings. The highest BCUT2D eigenvalue weighted by Gasteiger charge is 2.17. The van der Waals surface area contributed by atoms with Crippen LogP contribution in [0.25, 0.3) is 0 Å². The van der Waals surface area contributed by atoms with Gasteiger partial charge in [0.15, 0.2) is 0 Å². The van der Waals surface area contributed by atoms with Gasteiger partial charge in [-0.1, -0.05) is 32.6 Å². The Labute approximate surface area is 121 Å². The van der Waals surface area contributed by atoms with Crippen molar-refractivity contribution in [3.63, 3.8) is 0 Å². The van der Waals surface area contributed by atoms with E-state index < -0.39 is 6.10 Å². The Bertz CT molecular complexity index is 301. The van der Waals surface area contributed by atoms with E-state index in [1.165, 1.54) is 19.3 Å². The van der Waals surface area contributed by atoms with Crippen LogP contribution in [-0.4, -0.2) is 36.1 Å². The number of nitrogens with one attached hydrogen (secondary N) is 2. The molecule has 5 heteroatoms. The van der Waals surface area contributed by atoms with Crippen molar-refractivity contribution in [1.29, 1.82) is 0 Å². The third kappa shape index (κ3) is 7.48. The van der Waals surface area contributed by atoms with Crippen LogP contribution in [0.15, 0.2) is 0 Å². The molecule has 1 aliphatic carbocycles. The normalized spacial score (nSPS) is 17.5. The molecule has 0 spiro atoms. The van der Waals surface area contributed by atoms with Gasteiger partial charge in [0.05, 0.1) is 12.6 Å². The lowest BCUT2D eigenvalue weighted by atomic mass is 9.87. The molecule has 3 N–H and O–H groups in total. The third-order valence-corrected chi connectivity index (χ3v) is 3.80. The van der Waals surface area contributed by atoms with Crippen LogP contribution in [0.3, 0.4) is 0 Å². The second kappa shape index (κ2) is 9.75. The summed E-state index contributed by atoms with van der Waals surface area (Å²) in [6.45, 7) is 2.24. The molecular weight excluding hydrogens is 256 g/mol. The van der Waals surface area contributed by atoms with E-state index >= 15 is 0 Å². The summed E-state index contributed by atoms with van der Waals surface area (Å²) in [5.41, 5.74) is 0. The summed E-state index contributed by atoms with van der Waals surface area (Å²) in [5.74, 6) is 0.205. The molecule has 1 saturated carbocycles. The number of aliphatic hydroxyl groups excluding tert-OH is 1. The summed E-state index contributed by atoms with van der Waals surface area (Å²) < 4.78 is 0. The highest BCUT2D eigenvalue weighted by Crippen LogP contribution is 2.25. The number of rotatable bonds is 8. The zero-order valence-corrected chi connectivity index (χ0v) is 12.5. The fourth-order valence-corrected chi connectivity index (χ4v) is 2.63. The van der Waals surface area contributed by atoms with E-state index in [-0.39, 0.29) is 24.9 Å². The average molecular weight is 284 g/mol. The van der Waals surface area contributed by atoms with Crippen molar-refractivity contribution in [3.05, 3.63) is 0 Å².